The predicted octanol–water partition coefficient (Wildman–Crippen LogP) is 19.3. The first-order valence-corrected chi connectivity index (χ1v) is 39.1. The van der Waals surface area contributed by atoms with Gasteiger partial charge in [-0.2, -0.15) is 0 Å². The summed E-state index contributed by atoms with van der Waals surface area (Å²) >= 11 is 5.49. The maximum Gasteiger partial charge on any atom is 0.315 e. The molecule has 109 heavy (non-hydrogen) atoms. The second-order valence-corrected chi connectivity index (χ2v) is 27.7. The summed E-state index contributed by atoms with van der Waals surface area (Å²) in [6, 6.07) is 30.9. The van der Waals surface area contributed by atoms with E-state index in [0.717, 1.165) is 89.0 Å². The molecule has 0 spiro atoms. The molecule has 2 heterocycles. The minimum atomic E-state index is -1.12. The molecule has 2 fully saturated rings. The molecule has 4 aromatic carbocycles. The summed E-state index contributed by atoms with van der Waals surface area (Å²) in [5.74, 6) is -3.21. The van der Waals surface area contributed by atoms with Gasteiger partial charge in [0, 0.05) is 48.9 Å². The molecule has 0 radical (unpaired) electrons. The van der Waals surface area contributed by atoms with E-state index in [2.05, 4.69) is 146 Å². The highest BCUT2D eigenvalue weighted by molar-refractivity contribution is 6.64. The van der Waals surface area contributed by atoms with Crippen LogP contribution < -0.4 is 10.6 Å². The fourth-order valence-electron chi connectivity index (χ4n) is 11.8. The highest BCUT2D eigenvalue weighted by Crippen LogP contribution is 2.34. The van der Waals surface area contributed by atoms with E-state index in [1.54, 1.807) is 98.8 Å². The van der Waals surface area contributed by atoms with Gasteiger partial charge in [-0.15, -0.1) is 0 Å². The van der Waals surface area contributed by atoms with Crippen LogP contribution in [-0.2, 0) is 52.5 Å². The summed E-state index contributed by atoms with van der Waals surface area (Å²) in [6.45, 7) is 18.4. The molecule has 2 aliphatic heterocycles. The Hall–Kier alpha value is -9.19. The Morgan fingerprint density at radius 1 is 0.440 bits per heavy atom. The number of ketones is 2. The summed E-state index contributed by atoms with van der Waals surface area (Å²) in [5.41, 5.74) is 3.58. The molecule has 3 N–H and O–H groups in total. The molecule has 17 heteroatoms. The number of carbonyl (C=O) groups excluding carboxylic acids is 8. The number of benzene rings is 4. The summed E-state index contributed by atoms with van der Waals surface area (Å²) in [4.78, 5) is 98.3. The molecule has 2 amide bonds. The van der Waals surface area contributed by atoms with E-state index in [-0.39, 0.29) is 72.3 Å². The smallest absolute Gasteiger partial charge is 0.315 e. The second-order valence-electron chi connectivity index (χ2n) is 27.4. The fourth-order valence-corrected chi connectivity index (χ4v) is 11.9. The van der Waals surface area contributed by atoms with Gasteiger partial charge >= 0.3 is 17.9 Å². The van der Waals surface area contributed by atoms with Crippen molar-refractivity contribution in [3.63, 3.8) is 0 Å². The maximum atomic E-state index is 13.6. The number of carbonyl (C=O) groups is 8. The van der Waals surface area contributed by atoms with Gasteiger partial charge in [0.1, 0.15) is 13.2 Å². The lowest BCUT2D eigenvalue weighted by atomic mass is 9.82. The number of allylic oxidation sites excluding steroid dienone is 20. The van der Waals surface area contributed by atoms with Crippen molar-refractivity contribution >= 4 is 58.1 Å². The molecule has 6 unspecified atom stereocenters. The van der Waals surface area contributed by atoms with E-state index in [1.807, 2.05) is 52.0 Å². The number of amides is 2. The fraction of sp³-hybridized carbons (Fsp3) is 0.435. The molecule has 2 saturated heterocycles. The van der Waals surface area contributed by atoms with E-state index < -0.39 is 59.8 Å². The number of ether oxygens (including phenoxy) is 5. The Morgan fingerprint density at radius 2 is 0.780 bits per heavy atom. The van der Waals surface area contributed by atoms with Crippen molar-refractivity contribution in [3.8, 4) is 0 Å². The van der Waals surface area contributed by atoms with Crippen LogP contribution >= 0.6 is 11.6 Å². The highest BCUT2D eigenvalue weighted by Gasteiger charge is 2.45. The summed E-state index contributed by atoms with van der Waals surface area (Å²) < 4.78 is 28.1. The maximum absolute atomic E-state index is 13.6. The number of halogens is 1. The number of aliphatic hydroxyl groups is 1. The van der Waals surface area contributed by atoms with Crippen LogP contribution in [0.1, 0.15) is 227 Å². The topological polar surface area (TPSA) is 227 Å². The lowest BCUT2D eigenvalue weighted by molar-refractivity contribution is -0.240. The van der Waals surface area contributed by atoms with E-state index in [0.29, 0.717) is 47.1 Å². The Kier molecular flexibility index (Phi) is 46.0. The zero-order valence-electron chi connectivity index (χ0n) is 65.7. The van der Waals surface area contributed by atoms with E-state index in [1.165, 1.54) is 13.8 Å². The lowest BCUT2D eigenvalue weighted by Gasteiger charge is -2.44. The third-order valence-electron chi connectivity index (χ3n) is 18.9. The van der Waals surface area contributed by atoms with Gasteiger partial charge in [-0.1, -0.05) is 267 Å². The quantitative estimate of drug-likeness (QED) is 0.00938. The van der Waals surface area contributed by atoms with Crippen LogP contribution in [0.5, 0.6) is 0 Å². The number of nitrogens with one attached hydrogen (secondary N) is 2. The molecule has 16 nitrogen and oxygen atoms in total. The van der Waals surface area contributed by atoms with Crippen molar-refractivity contribution in [2.45, 2.75) is 221 Å². The summed E-state index contributed by atoms with van der Waals surface area (Å²) in [5, 5.41) is 15.9. The van der Waals surface area contributed by atoms with Gasteiger partial charge < -0.3 is 39.4 Å². The molecule has 0 saturated carbocycles. The van der Waals surface area contributed by atoms with Crippen molar-refractivity contribution in [2.24, 2.45) is 23.7 Å². The first kappa shape index (κ1) is 92.2. The largest absolute Gasteiger partial charge is 0.463 e. The van der Waals surface area contributed by atoms with Crippen LogP contribution in [0.4, 0.5) is 0 Å². The van der Waals surface area contributed by atoms with Crippen LogP contribution in [-0.4, -0.2) is 102 Å². The van der Waals surface area contributed by atoms with Crippen molar-refractivity contribution in [3.05, 3.63) is 264 Å². The van der Waals surface area contributed by atoms with Gasteiger partial charge in [-0.25, -0.2) is 0 Å². The van der Waals surface area contributed by atoms with Gasteiger partial charge in [-0.3, -0.25) is 38.4 Å². The lowest BCUT2D eigenvalue weighted by Crippen LogP contribution is -2.59. The average Bonchev–Trinajstić information content (AvgIpc) is 0.806. The van der Waals surface area contributed by atoms with Crippen molar-refractivity contribution in [1.29, 1.82) is 0 Å². The molecule has 12 atom stereocenters. The van der Waals surface area contributed by atoms with Crippen LogP contribution in [0.25, 0.3) is 0 Å². The third kappa shape index (κ3) is 36.7. The van der Waals surface area contributed by atoms with E-state index in [4.69, 9.17) is 35.3 Å². The molecule has 588 valence electrons. The van der Waals surface area contributed by atoms with Crippen molar-refractivity contribution in [1.82, 2.24) is 10.6 Å². The second kappa shape index (κ2) is 54.4. The monoisotopic (exact) mass is 1510 g/mol. The highest BCUT2D eigenvalue weighted by atomic mass is 35.5. The van der Waals surface area contributed by atoms with Gasteiger partial charge in [0.05, 0.1) is 36.1 Å². The predicted molar refractivity (Wildman–Crippen MR) is 436 cm³/mol. The Bertz CT molecular complexity index is 3720. The zero-order valence-corrected chi connectivity index (χ0v) is 66.5. The normalized spacial score (nSPS) is 20.7. The Labute approximate surface area is 654 Å². The van der Waals surface area contributed by atoms with Gasteiger partial charge in [0.2, 0.25) is 23.3 Å². The van der Waals surface area contributed by atoms with Crippen molar-refractivity contribution in [2.75, 3.05) is 13.2 Å². The molecule has 0 aromatic heterocycles. The molecule has 4 aromatic rings. The Balaban J connectivity index is 0.000000388. The number of hydrogen-bond donors (Lipinski definition) is 3. The molecule has 0 bridgehead atoms. The number of rotatable bonds is 41. The average molecular weight is 1510 g/mol. The minimum absolute atomic E-state index is 0.00199. The number of hydrogen-bond acceptors (Lipinski definition) is 14. The van der Waals surface area contributed by atoms with Crippen LogP contribution in [0, 0.1) is 23.7 Å². The number of aliphatic hydroxyl groups excluding tert-OH is 1. The third-order valence-corrected chi connectivity index (χ3v) is 19.2. The molecule has 2 aliphatic rings. The minimum Gasteiger partial charge on any atom is -0.463 e. The van der Waals surface area contributed by atoms with Gasteiger partial charge in [0.25, 0.3) is 0 Å². The summed E-state index contributed by atoms with van der Waals surface area (Å²) in [6.07, 6.45) is 53.5. The molecule has 0 aliphatic carbocycles. The van der Waals surface area contributed by atoms with E-state index in [9.17, 15) is 43.5 Å². The van der Waals surface area contributed by atoms with Crippen LogP contribution in [0.2, 0.25) is 0 Å². The van der Waals surface area contributed by atoms with Crippen LogP contribution in [0.15, 0.2) is 231 Å². The molecule has 6 rings (SSSR count). The standard InChI is InChI=1S/C46H59NO7.C30H47NO5.C16H13ClO2/c1-6-7-8-9-10-11-12-13-14-15-16-17-18-19-20-21-25-31-42(49)47-43-35(3)34(2)41(33-52-37(5)48)53-46(43)54-45(51)36(4)39-29-26-30-40(32-39)44(50)38-27-23-22-24-28-38;1-5-6-7-8-9-10-11-12-13-14-15-16-17-18-19-20-21-22-28(33)31-29-25(3)24(2)27(36-30(29)34)23-35-26(4)32;1-11(16(17)19)13-8-5-9-14(10-13)15(18)12-6-3-2-4-7-12/h7-8,10-11,13-14,16-17,19-20,22-24,26-30,32,34-36,41,43,46H,6,9,12,15,18,21,25,31,33H2,1-5H3,(H,47,49);6-7,9-10,12-13,15-16,18-19,24-25,27,29-30,34H,5,8,11,14,17,20-23H2,1-4H3,(H,31,33);2-11H,1H3/b8-7-,11-10-,14-13-,17-16-,20-19-;7-6-,10-9-,13-12-,16-15-,19-18-;/t34-,35-,36?,41?,43?,46-;24-,25-,27?,29?,30+;/m00./s1. The first-order valence-electron chi connectivity index (χ1n) is 38.7. The molecular weight excluding hydrogens is 1390 g/mol. The Morgan fingerprint density at radius 3 is 1.16 bits per heavy atom. The zero-order chi connectivity index (χ0) is 79.6. The van der Waals surface area contributed by atoms with Gasteiger partial charge in [-0.05, 0) is 155 Å². The van der Waals surface area contributed by atoms with Crippen molar-refractivity contribution < 1.29 is 67.1 Å². The summed E-state index contributed by atoms with van der Waals surface area (Å²) in [7, 11) is 0. The number of esters is 3. The molecular formula is C92H119ClN2O14. The first-order chi connectivity index (χ1) is 52.6. The number of unbranched alkanes of at least 4 members (excludes halogenated alkanes) is 2. The van der Waals surface area contributed by atoms with Crippen LogP contribution in [0.3, 0.4) is 0 Å². The van der Waals surface area contributed by atoms with E-state index >= 15 is 0 Å². The SMILES string of the molecule is CC(C(=O)Cl)c1cccc(C(=O)c2ccccc2)c1.CC/C=C\C/C=C\C/C=C\C/C=C\C/C=C\CCCC(=O)NC1[C@H](O)OC(COC(C)=O)[C@@H](C)[C@@H]1C.CC/C=C\C/C=C\C/C=C\C/C=C\C/C=C\CCCC(=O)NC1[C@H](OC(=O)C(C)c2cccc(C(=O)c3ccccc3)c2)OC(COC(C)=O)[C@@H](C)[C@@H]1C. The van der Waals surface area contributed by atoms with Gasteiger partial charge in [0.15, 0.2) is 17.9 Å².